The van der Waals surface area contributed by atoms with Gasteiger partial charge in [0.2, 0.25) is 5.13 Å². The van der Waals surface area contributed by atoms with Crippen LogP contribution in [-0.4, -0.2) is 10.2 Å². The summed E-state index contributed by atoms with van der Waals surface area (Å²) in [6.07, 6.45) is 0. The van der Waals surface area contributed by atoms with Crippen LogP contribution in [0.3, 0.4) is 0 Å². The summed E-state index contributed by atoms with van der Waals surface area (Å²) in [5.41, 5.74) is 7.98. The van der Waals surface area contributed by atoms with Gasteiger partial charge < -0.3 is 10.5 Å². The van der Waals surface area contributed by atoms with Gasteiger partial charge in [-0.25, -0.2) is 0 Å². The molecule has 19 heavy (non-hydrogen) atoms. The van der Waals surface area contributed by atoms with Gasteiger partial charge in [-0.2, -0.15) is 0 Å². The highest BCUT2D eigenvalue weighted by Gasteiger charge is 2.19. The van der Waals surface area contributed by atoms with Gasteiger partial charge in [0.25, 0.3) is 0 Å². The van der Waals surface area contributed by atoms with Gasteiger partial charge >= 0.3 is 0 Å². The van der Waals surface area contributed by atoms with Crippen LogP contribution < -0.4 is 10.5 Å². The van der Waals surface area contributed by atoms with Gasteiger partial charge in [-0.1, -0.05) is 44.2 Å². The monoisotopic (exact) mass is 277 g/mol. The van der Waals surface area contributed by atoms with E-state index in [1.54, 1.807) is 0 Å². The molecule has 0 saturated carbocycles. The topological polar surface area (TPSA) is 61.0 Å². The largest absolute Gasteiger partial charge is 0.486 e. The van der Waals surface area contributed by atoms with E-state index < -0.39 is 0 Å². The Hall–Kier alpha value is -1.62. The van der Waals surface area contributed by atoms with Crippen molar-refractivity contribution >= 4 is 16.5 Å². The van der Waals surface area contributed by atoms with Crippen molar-refractivity contribution in [3.05, 3.63) is 34.3 Å². The Kier molecular flexibility index (Phi) is 3.75. The highest BCUT2D eigenvalue weighted by Crippen LogP contribution is 2.32. The highest BCUT2D eigenvalue weighted by atomic mass is 32.1. The Morgan fingerprint density at radius 1 is 1.26 bits per heavy atom. The second-order valence-electron chi connectivity index (χ2n) is 5.57. The quantitative estimate of drug-likeness (QED) is 0.935. The Balaban J connectivity index is 2.21. The van der Waals surface area contributed by atoms with E-state index in [0.29, 0.717) is 11.7 Å². The molecule has 0 amide bonds. The molecule has 0 unspecified atom stereocenters. The summed E-state index contributed by atoms with van der Waals surface area (Å²) >= 11 is 1.36. The second kappa shape index (κ2) is 5.17. The third-order valence-electron chi connectivity index (χ3n) is 2.78. The number of aryl methyl sites for hydroxylation is 1. The molecule has 0 spiro atoms. The Bertz CT molecular complexity index is 572. The van der Waals surface area contributed by atoms with E-state index in [0.717, 1.165) is 10.8 Å². The fraction of sp³-hybridized carbons (Fsp3) is 0.429. The summed E-state index contributed by atoms with van der Waals surface area (Å²) in [5, 5.41) is 9.01. The maximum Gasteiger partial charge on any atom is 0.203 e. The van der Waals surface area contributed by atoms with E-state index in [-0.39, 0.29) is 5.41 Å². The molecule has 0 aliphatic heterocycles. The summed E-state index contributed by atoms with van der Waals surface area (Å²) in [6.45, 7) is 8.98. The fourth-order valence-electron chi connectivity index (χ4n) is 1.83. The van der Waals surface area contributed by atoms with Crippen molar-refractivity contribution in [2.75, 3.05) is 5.73 Å². The van der Waals surface area contributed by atoms with Crippen molar-refractivity contribution in [1.82, 2.24) is 10.2 Å². The number of aromatic nitrogens is 2. The van der Waals surface area contributed by atoms with E-state index in [1.165, 1.54) is 22.5 Å². The smallest absolute Gasteiger partial charge is 0.203 e. The normalized spacial score (nSPS) is 11.6. The average molecular weight is 277 g/mol. The molecule has 5 heteroatoms. The lowest BCUT2D eigenvalue weighted by Gasteiger charge is -2.23. The van der Waals surface area contributed by atoms with E-state index in [2.05, 4.69) is 56.1 Å². The summed E-state index contributed by atoms with van der Waals surface area (Å²) in [4.78, 5) is 0. The zero-order valence-electron chi connectivity index (χ0n) is 11.7. The summed E-state index contributed by atoms with van der Waals surface area (Å²) in [6, 6.07) is 6.29. The summed E-state index contributed by atoms with van der Waals surface area (Å²) in [7, 11) is 0. The van der Waals surface area contributed by atoms with Crippen LogP contribution in [0.5, 0.6) is 5.75 Å². The molecule has 1 aromatic carbocycles. The van der Waals surface area contributed by atoms with Gasteiger partial charge in [0.1, 0.15) is 12.4 Å². The van der Waals surface area contributed by atoms with Gasteiger partial charge in [0.15, 0.2) is 5.01 Å². The first-order chi connectivity index (χ1) is 8.86. The molecular formula is C14H19N3OS. The molecule has 2 aromatic rings. The third-order valence-corrected chi connectivity index (χ3v) is 3.50. The van der Waals surface area contributed by atoms with Gasteiger partial charge in [-0.3, -0.25) is 0 Å². The van der Waals surface area contributed by atoms with E-state index in [1.807, 2.05) is 0 Å². The molecule has 2 rings (SSSR count). The predicted octanol–water partition coefficient (Wildman–Crippen LogP) is 3.31. The number of rotatable bonds is 3. The second-order valence-corrected chi connectivity index (χ2v) is 6.67. The van der Waals surface area contributed by atoms with Gasteiger partial charge in [-0.05, 0) is 29.5 Å². The van der Waals surface area contributed by atoms with Crippen LogP contribution in [0.25, 0.3) is 0 Å². The van der Waals surface area contributed by atoms with Crippen molar-refractivity contribution in [3.63, 3.8) is 0 Å². The average Bonchev–Trinajstić information content (AvgIpc) is 2.71. The molecule has 1 heterocycles. The minimum atomic E-state index is 0.0448. The molecule has 0 aliphatic carbocycles. The van der Waals surface area contributed by atoms with Crippen LogP contribution in [0, 0.1) is 6.92 Å². The number of benzene rings is 1. The Labute approximate surface area is 117 Å². The highest BCUT2D eigenvalue weighted by molar-refractivity contribution is 7.15. The molecule has 0 radical (unpaired) electrons. The van der Waals surface area contributed by atoms with Crippen molar-refractivity contribution in [3.8, 4) is 5.75 Å². The maximum absolute atomic E-state index is 5.90. The summed E-state index contributed by atoms with van der Waals surface area (Å²) in [5.74, 6) is 0.904. The molecular weight excluding hydrogens is 258 g/mol. The molecule has 0 fully saturated rings. The SMILES string of the molecule is Cc1ccc(C(C)(C)C)c(OCc2nnc(N)s2)c1. The van der Waals surface area contributed by atoms with Crippen LogP contribution in [0.2, 0.25) is 0 Å². The van der Waals surface area contributed by atoms with Gasteiger partial charge in [0, 0.05) is 0 Å². The van der Waals surface area contributed by atoms with Crippen LogP contribution in [0.4, 0.5) is 5.13 Å². The van der Waals surface area contributed by atoms with Crippen molar-refractivity contribution in [2.24, 2.45) is 0 Å². The maximum atomic E-state index is 5.90. The number of nitrogens with two attached hydrogens (primary N) is 1. The van der Waals surface area contributed by atoms with Crippen molar-refractivity contribution in [1.29, 1.82) is 0 Å². The zero-order chi connectivity index (χ0) is 14.0. The van der Waals surface area contributed by atoms with Crippen molar-refractivity contribution in [2.45, 2.75) is 39.7 Å². The fourth-order valence-corrected chi connectivity index (χ4v) is 2.36. The molecule has 4 nitrogen and oxygen atoms in total. The molecule has 0 bridgehead atoms. The molecule has 0 saturated heterocycles. The lowest BCUT2D eigenvalue weighted by Crippen LogP contribution is -2.13. The number of ether oxygens (including phenoxy) is 1. The number of hydrogen-bond donors (Lipinski definition) is 1. The van der Waals surface area contributed by atoms with Crippen LogP contribution >= 0.6 is 11.3 Å². The first kappa shape index (κ1) is 13.8. The number of nitrogens with zero attached hydrogens (tertiary/aromatic N) is 2. The Morgan fingerprint density at radius 3 is 2.58 bits per heavy atom. The molecule has 2 N–H and O–H groups in total. The van der Waals surface area contributed by atoms with Crippen LogP contribution in [0.15, 0.2) is 18.2 Å². The molecule has 1 aromatic heterocycles. The molecule has 0 atom stereocenters. The third kappa shape index (κ3) is 3.44. The van der Waals surface area contributed by atoms with Crippen LogP contribution in [0.1, 0.15) is 36.9 Å². The molecule has 0 aliphatic rings. The van der Waals surface area contributed by atoms with E-state index in [9.17, 15) is 0 Å². The zero-order valence-corrected chi connectivity index (χ0v) is 12.5. The summed E-state index contributed by atoms with van der Waals surface area (Å²) < 4.78 is 5.90. The van der Waals surface area contributed by atoms with Crippen molar-refractivity contribution < 1.29 is 4.74 Å². The minimum Gasteiger partial charge on any atom is -0.486 e. The van der Waals surface area contributed by atoms with E-state index >= 15 is 0 Å². The van der Waals surface area contributed by atoms with Crippen LogP contribution in [-0.2, 0) is 12.0 Å². The predicted molar refractivity (Wildman–Crippen MR) is 78.5 cm³/mol. The first-order valence-electron chi connectivity index (χ1n) is 6.18. The minimum absolute atomic E-state index is 0.0448. The van der Waals surface area contributed by atoms with Gasteiger partial charge in [-0.15, -0.1) is 10.2 Å². The molecule has 102 valence electrons. The number of hydrogen-bond acceptors (Lipinski definition) is 5. The lowest BCUT2D eigenvalue weighted by molar-refractivity contribution is 0.296. The standard InChI is InChI=1S/C14H19N3OS/c1-9-5-6-10(14(2,3)4)11(7-9)18-8-12-16-17-13(15)19-12/h5-7H,8H2,1-4H3,(H2,15,17). The lowest BCUT2D eigenvalue weighted by atomic mass is 9.86. The van der Waals surface area contributed by atoms with E-state index in [4.69, 9.17) is 10.5 Å². The van der Waals surface area contributed by atoms with Gasteiger partial charge in [0.05, 0.1) is 0 Å². The Morgan fingerprint density at radius 2 is 2.00 bits per heavy atom. The number of nitrogen functional groups attached to an aromatic ring is 1. The first-order valence-corrected chi connectivity index (χ1v) is 7.00. The number of anilines is 1.